The molecule has 38 heavy (non-hydrogen) atoms. The molecular weight excluding hydrogens is 541 g/mol. The molecular formula is C27H28N4O4S3. The first kappa shape index (κ1) is 26.5. The fourth-order valence-corrected chi connectivity index (χ4v) is 7.53. The van der Waals surface area contributed by atoms with E-state index in [1.165, 1.54) is 40.5 Å². The molecule has 11 heteroatoms. The summed E-state index contributed by atoms with van der Waals surface area (Å²) in [5, 5.41) is 7.01. The molecule has 2 aromatic heterocycles. The van der Waals surface area contributed by atoms with Crippen LogP contribution in [0, 0.1) is 12.8 Å². The molecule has 2 fully saturated rings. The van der Waals surface area contributed by atoms with E-state index in [1.807, 2.05) is 29.3 Å². The molecule has 2 bridgehead atoms. The Morgan fingerprint density at radius 1 is 1.29 bits per heavy atom. The fraction of sp³-hybridized carbons (Fsp3) is 0.333. The summed E-state index contributed by atoms with van der Waals surface area (Å²) in [7, 11) is 1.57. The highest BCUT2D eigenvalue weighted by Crippen LogP contribution is 2.40. The van der Waals surface area contributed by atoms with Crippen LogP contribution in [0.1, 0.15) is 39.1 Å². The number of carbonyl (C=O) groups excluding carboxylic acids is 3. The van der Waals surface area contributed by atoms with Crippen molar-refractivity contribution in [1.82, 2.24) is 14.8 Å². The Morgan fingerprint density at radius 2 is 2.13 bits per heavy atom. The van der Waals surface area contributed by atoms with Gasteiger partial charge in [0, 0.05) is 36.0 Å². The number of thiazole rings is 1. The lowest BCUT2D eigenvalue weighted by Gasteiger charge is -2.31. The molecule has 1 N–H and O–H groups in total. The molecule has 4 heterocycles. The number of thiophene rings is 1. The lowest BCUT2D eigenvalue weighted by atomic mass is 10.0. The first-order valence-corrected chi connectivity index (χ1v) is 14.8. The number of carbonyl (C=O) groups is 3. The van der Waals surface area contributed by atoms with E-state index in [0.717, 1.165) is 27.5 Å². The third-order valence-corrected chi connectivity index (χ3v) is 9.77. The molecule has 1 unspecified atom stereocenters. The normalized spacial score (nSPS) is 18.7. The number of fused-ring (bicyclic) bond motifs is 2. The van der Waals surface area contributed by atoms with E-state index >= 15 is 0 Å². The Morgan fingerprint density at radius 3 is 2.87 bits per heavy atom. The van der Waals surface area contributed by atoms with E-state index < -0.39 is 0 Å². The average molecular weight is 569 g/mol. The second kappa shape index (κ2) is 11.3. The highest BCUT2D eigenvalue weighted by molar-refractivity contribution is 8.01. The van der Waals surface area contributed by atoms with Gasteiger partial charge in [0.1, 0.15) is 5.75 Å². The predicted octanol–water partition coefficient (Wildman–Crippen LogP) is 5.17. The van der Waals surface area contributed by atoms with Crippen molar-refractivity contribution in [3.63, 3.8) is 0 Å². The van der Waals surface area contributed by atoms with E-state index in [2.05, 4.69) is 16.9 Å². The Kier molecular flexibility index (Phi) is 7.87. The molecule has 3 aromatic rings. The fourth-order valence-electron chi connectivity index (χ4n) is 4.96. The minimum absolute atomic E-state index is 0.0306. The number of amides is 3. The van der Waals surface area contributed by atoms with Gasteiger partial charge in [0.25, 0.3) is 11.8 Å². The van der Waals surface area contributed by atoms with Gasteiger partial charge in [-0.05, 0) is 60.9 Å². The van der Waals surface area contributed by atoms with Crippen LogP contribution >= 0.6 is 34.4 Å². The standard InChI is InChI=1S/C27H28N4O4S3/c1-4-23(32)30-7-5-17-10-19(14-30)31(13-17)26(34)20-11-22(16(2)9-21(20)35-3)37-24-12-28-27(38-24)29-25(33)18-6-8-36-15-18/h4,6,8-9,11-12,15,17,19H,1,5,7,10,13-14H2,2-3H3,(H,28,29,33)/t17?,19-/m1/s1. The van der Waals surface area contributed by atoms with Crippen molar-refractivity contribution in [1.29, 1.82) is 0 Å². The number of benzene rings is 1. The van der Waals surface area contributed by atoms with Gasteiger partial charge in [-0.3, -0.25) is 19.7 Å². The zero-order chi connectivity index (χ0) is 26.8. The minimum Gasteiger partial charge on any atom is -0.496 e. The number of hydrogen-bond donors (Lipinski definition) is 1. The van der Waals surface area contributed by atoms with Gasteiger partial charge in [-0.2, -0.15) is 11.3 Å². The molecule has 198 valence electrons. The summed E-state index contributed by atoms with van der Waals surface area (Å²) in [5.74, 6) is 0.537. The predicted molar refractivity (Wildman–Crippen MR) is 151 cm³/mol. The number of rotatable bonds is 7. The highest BCUT2D eigenvalue weighted by Gasteiger charge is 2.40. The SMILES string of the molecule is C=CC(=O)N1CCC2C[C@H](C1)N(C(=O)c1cc(Sc3cnc(NC(=O)c4ccsc4)s3)c(C)cc1OC)C2. The molecule has 1 aromatic carbocycles. The van der Waals surface area contributed by atoms with E-state index in [1.54, 1.807) is 29.7 Å². The number of hydrogen-bond acceptors (Lipinski definition) is 8. The van der Waals surface area contributed by atoms with Gasteiger partial charge in [-0.15, -0.1) is 0 Å². The molecule has 2 aliphatic rings. The molecule has 5 rings (SSSR count). The number of likely N-dealkylation sites (tertiary alicyclic amines) is 2. The molecule has 3 amide bonds. The summed E-state index contributed by atoms with van der Waals surface area (Å²) in [4.78, 5) is 47.4. The molecule has 2 aliphatic heterocycles. The van der Waals surface area contributed by atoms with Crippen molar-refractivity contribution >= 4 is 57.3 Å². The van der Waals surface area contributed by atoms with E-state index in [0.29, 0.717) is 47.6 Å². The first-order chi connectivity index (χ1) is 18.4. The van der Waals surface area contributed by atoms with E-state index in [4.69, 9.17) is 4.74 Å². The summed E-state index contributed by atoms with van der Waals surface area (Å²) >= 11 is 4.35. The van der Waals surface area contributed by atoms with E-state index in [-0.39, 0.29) is 23.8 Å². The zero-order valence-electron chi connectivity index (χ0n) is 21.1. The minimum atomic E-state index is -0.189. The first-order valence-electron chi connectivity index (χ1n) is 12.2. The third-order valence-electron chi connectivity index (χ3n) is 6.91. The van der Waals surface area contributed by atoms with Crippen molar-refractivity contribution in [3.05, 3.63) is 64.5 Å². The number of ether oxygens (including phenoxy) is 1. The average Bonchev–Trinajstić information content (AvgIpc) is 3.65. The largest absolute Gasteiger partial charge is 0.496 e. The monoisotopic (exact) mass is 568 g/mol. The lowest BCUT2D eigenvalue weighted by Crippen LogP contribution is -2.46. The summed E-state index contributed by atoms with van der Waals surface area (Å²) in [6, 6.07) is 5.51. The molecule has 8 nitrogen and oxygen atoms in total. The summed E-state index contributed by atoms with van der Waals surface area (Å²) in [6.45, 7) is 7.50. The van der Waals surface area contributed by atoms with Crippen molar-refractivity contribution in [2.75, 3.05) is 32.1 Å². The van der Waals surface area contributed by atoms with Gasteiger partial charge in [-0.1, -0.05) is 29.7 Å². The van der Waals surface area contributed by atoms with Gasteiger partial charge >= 0.3 is 0 Å². The van der Waals surface area contributed by atoms with Gasteiger partial charge in [-0.25, -0.2) is 4.98 Å². The van der Waals surface area contributed by atoms with Gasteiger partial charge in [0.05, 0.1) is 28.6 Å². The number of anilines is 1. The van der Waals surface area contributed by atoms with Crippen LogP contribution < -0.4 is 10.1 Å². The number of nitrogens with zero attached hydrogens (tertiary/aromatic N) is 3. The van der Waals surface area contributed by atoms with Crippen LogP contribution in [0.4, 0.5) is 5.13 Å². The Bertz CT molecular complexity index is 1370. The number of methoxy groups -OCH3 is 1. The van der Waals surface area contributed by atoms with E-state index in [9.17, 15) is 14.4 Å². The molecule has 0 aliphatic carbocycles. The van der Waals surface area contributed by atoms with Crippen LogP contribution in [0.15, 0.2) is 56.9 Å². The Labute approximate surface area is 233 Å². The van der Waals surface area contributed by atoms with Crippen LogP contribution in [-0.2, 0) is 4.79 Å². The smallest absolute Gasteiger partial charge is 0.258 e. The Balaban J connectivity index is 1.35. The molecule has 0 saturated carbocycles. The summed E-state index contributed by atoms with van der Waals surface area (Å²) in [5.41, 5.74) is 2.08. The Hall–Kier alpha value is -3.15. The van der Waals surface area contributed by atoms with Crippen LogP contribution in [0.3, 0.4) is 0 Å². The number of aryl methyl sites for hydroxylation is 1. The highest BCUT2D eigenvalue weighted by atomic mass is 32.2. The van der Waals surface area contributed by atoms with Gasteiger partial charge in [0.15, 0.2) is 5.13 Å². The molecule has 0 spiro atoms. The van der Waals surface area contributed by atoms with Gasteiger partial charge < -0.3 is 14.5 Å². The third kappa shape index (κ3) is 5.50. The summed E-state index contributed by atoms with van der Waals surface area (Å²) < 4.78 is 6.51. The number of nitrogens with one attached hydrogen (secondary N) is 1. The zero-order valence-corrected chi connectivity index (χ0v) is 23.6. The lowest BCUT2D eigenvalue weighted by molar-refractivity contribution is -0.126. The second-order valence-corrected chi connectivity index (χ2v) is 12.5. The van der Waals surface area contributed by atoms with Crippen LogP contribution in [0.2, 0.25) is 0 Å². The van der Waals surface area contributed by atoms with Crippen LogP contribution in [0.5, 0.6) is 5.75 Å². The van der Waals surface area contributed by atoms with Crippen molar-refractivity contribution < 1.29 is 19.1 Å². The quantitative estimate of drug-likeness (QED) is 0.395. The van der Waals surface area contributed by atoms with Crippen LogP contribution in [0.25, 0.3) is 0 Å². The molecule has 2 atom stereocenters. The maximum Gasteiger partial charge on any atom is 0.258 e. The maximum atomic E-state index is 13.8. The maximum absolute atomic E-state index is 13.8. The van der Waals surface area contributed by atoms with Crippen LogP contribution in [-0.4, -0.2) is 65.3 Å². The van der Waals surface area contributed by atoms with Crippen molar-refractivity contribution in [2.24, 2.45) is 5.92 Å². The summed E-state index contributed by atoms with van der Waals surface area (Å²) in [6.07, 6.45) is 4.84. The van der Waals surface area contributed by atoms with Gasteiger partial charge in [0.2, 0.25) is 5.91 Å². The molecule has 2 saturated heterocycles. The van der Waals surface area contributed by atoms with Crippen molar-refractivity contribution in [3.8, 4) is 5.75 Å². The molecule has 0 radical (unpaired) electrons. The van der Waals surface area contributed by atoms with Crippen molar-refractivity contribution in [2.45, 2.75) is 34.9 Å². The topological polar surface area (TPSA) is 91.8 Å². The second-order valence-electron chi connectivity index (χ2n) is 9.36. The number of aromatic nitrogens is 1.